The highest BCUT2D eigenvalue weighted by molar-refractivity contribution is 9.10. The molecule has 0 saturated heterocycles. The van der Waals surface area contributed by atoms with E-state index in [1.54, 1.807) is 28.9 Å². The summed E-state index contributed by atoms with van der Waals surface area (Å²) >= 11 is 3.34. The van der Waals surface area contributed by atoms with Gasteiger partial charge in [0, 0.05) is 6.20 Å². The topological polar surface area (TPSA) is 42.2 Å². The summed E-state index contributed by atoms with van der Waals surface area (Å²) in [5, 5.41) is 7.09. The van der Waals surface area contributed by atoms with Crippen molar-refractivity contribution in [1.82, 2.24) is 14.6 Å². The molecule has 0 bridgehead atoms. The van der Waals surface area contributed by atoms with Crippen LogP contribution < -0.4 is 5.32 Å². The van der Waals surface area contributed by atoms with Crippen molar-refractivity contribution in [2.75, 3.05) is 5.32 Å². The maximum atomic E-state index is 13.6. The fraction of sp³-hybridized carbons (Fsp3) is 0. The number of nitrogens with zero attached hydrogens (tertiary/aromatic N) is 3. The molecule has 0 aliphatic heterocycles. The molecule has 4 nitrogen and oxygen atoms in total. The van der Waals surface area contributed by atoms with Gasteiger partial charge in [-0.15, -0.1) is 0 Å². The zero-order chi connectivity index (χ0) is 12.5. The fourth-order valence-electron chi connectivity index (χ4n) is 1.66. The second-order valence-corrected chi connectivity index (χ2v) is 4.40. The molecule has 0 fully saturated rings. The molecule has 0 unspecified atom stereocenters. The number of benzene rings is 1. The number of imidazole rings is 1. The van der Waals surface area contributed by atoms with Crippen molar-refractivity contribution in [3.63, 3.8) is 0 Å². The van der Waals surface area contributed by atoms with Gasteiger partial charge >= 0.3 is 0 Å². The summed E-state index contributed by atoms with van der Waals surface area (Å²) in [5.41, 5.74) is 1.18. The Morgan fingerprint density at radius 1 is 1.17 bits per heavy atom. The van der Waals surface area contributed by atoms with Gasteiger partial charge in [-0.2, -0.15) is 9.61 Å². The van der Waals surface area contributed by atoms with Gasteiger partial charge in [-0.25, -0.2) is 9.37 Å². The Labute approximate surface area is 111 Å². The van der Waals surface area contributed by atoms with Crippen LogP contribution in [0.3, 0.4) is 0 Å². The van der Waals surface area contributed by atoms with Crippen LogP contribution in [0.15, 0.2) is 47.2 Å². The molecule has 3 aromatic rings. The predicted octanol–water partition coefficient (Wildman–Crippen LogP) is 3.37. The number of halogens is 2. The molecule has 90 valence electrons. The van der Waals surface area contributed by atoms with Gasteiger partial charge in [0.15, 0.2) is 0 Å². The number of anilines is 2. The summed E-state index contributed by atoms with van der Waals surface area (Å²) in [6.45, 7) is 0. The first-order valence-corrected chi connectivity index (χ1v) is 6.06. The van der Waals surface area contributed by atoms with Crippen LogP contribution in [0.1, 0.15) is 0 Å². The number of hydrogen-bond donors (Lipinski definition) is 1. The summed E-state index contributed by atoms with van der Waals surface area (Å²) < 4.78 is 15.8. The summed E-state index contributed by atoms with van der Waals surface area (Å²) in [6, 6.07) is 10.1. The second kappa shape index (κ2) is 4.38. The van der Waals surface area contributed by atoms with Crippen molar-refractivity contribution >= 4 is 33.1 Å². The number of rotatable bonds is 2. The molecule has 0 saturated carbocycles. The molecule has 2 heterocycles. The molecule has 0 radical (unpaired) electrons. The summed E-state index contributed by atoms with van der Waals surface area (Å²) in [5.74, 6) is 0.129. The lowest BCUT2D eigenvalue weighted by molar-refractivity contribution is 0.631. The van der Waals surface area contributed by atoms with Crippen LogP contribution in [0.2, 0.25) is 0 Å². The van der Waals surface area contributed by atoms with E-state index in [1.165, 1.54) is 6.07 Å². The van der Waals surface area contributed by atoms with Crippen LogP contribution in [-0.4, -0.2) is 14.6 Å². The van der Waals surface area contributed by atoms with Gasteiger partial charge in [-0.3, -0.25) is 0 Å². The molecular formula is C12H8BrFN4. The van der Waals surface area contributed by atoms with E-state index in [-0.39, 0.29) is 5.82 Å². The van der Waals surface area contributed by atoms with Crippen molar-refractivity contribution < 1.29 is 4.39 Å². The van der Waals surface area contributed by atoms with E-state index in [0.717, 1.165) is 5.52 Å². The average molecular weight is 307 g/mol. The molecule has 6 heteroatoms. The average Bonchev–Trinajstić information content (AvgIpc) is 2.70. The van der Waals surface area contributed by atoms with E-state index in [1.807, 2.05) is 12.1 Å². The van der Waals surface area contributed by atoms with Crippen molar-refractivity contribution in [3.8, 4) is 0 Å². The van der Waals surface area contributed by atoms with Gasteiger partial charge in [-0.1, -0.05) is 12.1 Å². The molecule has 0 aliphatic carbocycles. The quantitative estimate of drug-likeness (QED) is 0.789. The standard InChI is InChI=1S/C12H8BrFN4/c13-11-10-6-3-7-15-18(10)12(17-11)16-9-5-2-1-4-8(9)14/h1-7H,(H,16,17). The number of hydrogen-bond acceptors (Lipinski definition) is 3. The molecular weight excluding hydrogens is 299 g/mol. The number of nitrogens with one attached hydrogen (secondary N) is 1. The number of aromatic nitrogens is 3. The third-order valence-corrected chi connectivity index (χ3v) is 3.07. The van der Waals surface area contributed by atoms with Crippen LogP contribution in [-0.2, 0) is 0 Å². The van der Waals surface area contributed by atoms with E-state index < -0.39 is 0 Å². The maximum Gasteiger partial charge on any atom is 0.230 e. The van der Waals surface area contributed by atoms with Crippen LogP contribution >= 0.6 is 15.9 Å². The Bertz CT molecular complexity index is 710. The molecule has 2 aromatic heterocycles. The Balaban J connectivity index is 2.08. The molecule has 0 spiro atoms. The third kappa shape index (κ3) is 1.84. The largest absolute Gasteiger partial charge is 0.322 e. The second-order valence-electron chi connectivity index (χ2n) is 3.65. The van der Waals surface area contributed by atoms with Crippen LogP contribution in [0.4, 0.5) is 16.0 Å². The van der Waals surface area contributed by atoms with Gasteiger partial charge in [0.05, 0.1) is 5.69 Å². The molecule has 18 heavy (non-hydrogen) atoms. The summed E-state index contributed by atoms with van der Waals surface area (Å²) in [6.07, 6.45) is 1.65. The maximum absolute atomic E-state index is 13.6. The zero-order valence-corrected chi connectivity index (χ0v) is 10.7. The zero-order valence-electron chi connectivity index (χ0n) is 9.14. The summed E-state index contributed by atoms with van der Waals surface area (Å²) in [7, 11) is 0. The van der Waals surface area contributed by atoms with Gasteiger partial charge in [0.25, 0.3) is 0 Å². The number of fused-ring (bicyclic) bond motifs is 1. The van der Waals surface area contributed by atoms with E-state index in [4.69, 9.17) is 0 Å². The molecule has 3 rings (SSSR count). The van der Waals surface area contributed by atoms with Gasteiger partial charge in [0.2, 0.25) is 5.95 Å². The monoisotopic (exact) mass is 306 g/mol. The van der Waals surface area contributed by atoms with Gasteiger partial charge in [0.1, 0.15) is 15.9 Å². The Morgan fingerprint density at radius 3 is 2.83 bits per heavy atom. The first-order chi connectivity index (χ1) is 8.75. The smallest absolute Gasteiger partial charge is 0.230 e. The highest BCUT2D eigenvalue weighted by Gasteiger charge is 2.10. The van der Waals surface area contributed by atoms with Crippen molar-refractivity contribution in [2.24, 2.45) is 0 Å². The van der Waals surface area contributed by atoms with Crippen molar-refractivity contribution in [1.29, 1.82) is 0 Å². The van der Waals surface area contributed by atoms with E-state index in [2.05, 4.69) is 31.3 Å². The minimum absolute atomic E-state index is 0.332. The van der Waals surface area contributed by atoms with Crippen LogP contribution in [0.5, 0.6) is 0 Å². The van der Waals surface area contributed by atoms with Crippen molar-refractivity contribution in [2.45, 2.75) is 0 Å². The SMILES string of the molecule is Fc1ccccc1Nc1nc(Br)c2cccnn12. The molecule has 1 N–H and O–H groups in total. The van der Waals surface area contributed by atoms with Crippen molar-refractivity contribution in [3.05, 3.63) is 53.0 Å². The normalized spacial score (nSPS) is 10.8. The van der Waals surface area contributed by atoms with E-state index in [0.29, 0.717) is 16.2 Å². The fourth-order valence-corrected chi connectivity index (χ4v) is 2.13. The highest BCUT2D eigenvalue weighted by Crippen LogP contribution is 2.24. The Hall–Kier alpha value is -1.95. The lowest BCUT2D eigenvalue weighted by Crippen LogP contribution is -2.00. The van der Waals surface area contributed by atoms with Crippen LogP contribution in [0.25, 0.3) is 5.52 Å². The minimum atomic E-state index is -0.332. The lowest BCUT2D eigenvalue weighted by Gasteiger charge is -2.04. The Kier molecular flexibility index (Phi) is 2.71. The van der Waals surface area contributed by atoms with Gasteiger partial charge in [-0.05, 0) is 40.2 Å². The molecule has 0 atom stereocenters. The number of para-hydroxylation sites is 1. The van der Waals surface area contributed by atoms with E-state index >= 15 is 0 Å². The first kappa shape index (κ1) is 11.2. The van der Waals surface area contributed by atoms with E-state index in [9.17, 15) is 4.39 Å². The minimum Gasteiger partial charge on any atom is -0.322 e. The third-order valence-electron chi connectivity index (χ3n) is 2.49. The molecule has 0 aliphatic rings. The Morgan fingerprint density at radius 2 is 2.00 bits per heavy atom. The van der Waals surface area contributed by atoms with Crippen LogP contribution in [0, 0.1) is 5.82 Å². The lowest BCUT2D eigenvalue weighted by atomic mass is 10.3. The molecule has 0 amide bonds. The highest BCUT2D eigenvalue weighted by atomic mass is 79.9. The predicted molar refractivity (Wildman–Crippen MR) is 70.4 cm³/mol. The first-order valence-electron chi connectivity index (χ1n) is 5.26. The summed E-state index contributed by atoms with van der Waals surface area (Å²) in [4.78, 5) is 4.27. The van der Waals surface area contributed by atoms with Gasteiger partial charge < -0.3 is 5.32 Å². The molecule has 1 aromatic carbocycles.